The Morgan fingerprint density at radius 2 is 2.00 bits per heavy atom. The molecule has 1 nitrogen and oxygen atoms in total. The van der Waals surface area contributed by atoms with E-state index in [9.17, 15) is 4.39 Å². The van der Waals surface area contributed by atoms with Crippen LogP contribution in [0.25, 0.3) is 0 Å². The molecule has 1 N–H and O–H groups in total. The van der Waals surface area contributed by atoms with Gasteiger partial charge in [0, 0.05) is 10.9 Å². The van der Waals surface area contributed by atoms with Crippen molar-refractivity contribution in [2.75, 3.05) is 6.54 Å². The van der Waals surface area contributed by atoms with Crippen LogP contribution in [0.1, 0.15) is 24.3 Å². The number of hydrogen-bond acceptors (Lipinski definition) is 2. The molecule has 0 saturated carbocycles. The molecule has 0 saturated heterocycles. The number of rotatable bonds is 7. The zero-order valence-corrected chi connectivity index (χ0v) is 14.8. The molecule has 4 heteroatoms. The van der Waals surface area contributed by atoms with Crippen LogP contribution in [-0.4, -0.2) is 12.6 Å². The summed E-state index contributed by atoms with van der Waals surface area (Å²) in [5.74, 6) is 0.321. The predicted molar refractivity (Wildman–Crippen MR) is 92.5 cm³/mol. The fourth-order valence-corrected chi connectivity index (χ4v) is 3.96. The van der Waals surface area contributed by atoms with Gasteiger partial charge >= 0.3 is 0 Å². The zero-order valence-electron chi connectivity index (χ0n) is 12.4. The summed E-state index contributed by atoms with van der Waals surface area (Å²) in [7, 11) is 0. The van der Waals surface area contributed by atoms with E-state index in [1.807, 2.05) is 6.07 Å². The summed E-state index contributed by atoms with van der Waals surface area (Å²) in [4.78, 5) is 1.37. The Morgan fingerprint density at radius 3 is 2.62 bits per heavy atom. The van der Waals surface area contributed by atoms with Crippen LogP contribution < -0.4 is 5.32 Å². The summed E-state index contributed by atoms with van der Waals surface area (Å²) in [6.07, 6.45) is 1.92. The van der Waals surface area contributed by atoms with Crippen molar-refractivity contribution in [3.05, 3.63) is 56.4 Å². The molecular formula is C17H21BrFNS. The Morgan fingerprint density at radius 1 is 1.19 bits per heavy atom. The molecule has 0 aliphatic heterocycles. The highest BCUT2D eigenvalue weighted by Gasteiger charge is 2.13. The average molecular weight is 370 g/mol. The first kappa shape index (κ1) is 16.7. The van der Waals surface area contributed by atoms with Crippen molar-refractivity contribution >= 4 is 27.3 Å². The first-order valence-corrected chi connectivity index (χ1v) is 8.86. The summed E-state index contributed by atoms with van der Waals surface area (Å²) >= 11 is 5.29. The summed E-state index contributed by atoms with van der Waals surface area (Å²) in [5.41, 5.74) is 1.07. The van der Waals surface area contributed by atoms with Crippen molar-refractivity contribution in [1.29, 1.82) is 0 Å². The standard InChI is InChI=1S/C17H21BrFNS/c1-12(2)20-11-14(10-16-6-7-17(18)21-16)8-13-4-3-5-15(19)9-13/h3-7,9,12,14,20H,8,10-11H2,1-2H3. The first-order chi connectivity index (χ1) is 10.0. The van der Waals surface area contributed by atoms with Crippen LogP contribution in [0, 0.1) is 11.7 Å². The zero-order chi connectivity index (χ0) is 15.2. The van der Waals surface area contributed by atoms with Gasteiger partial charge in [-0.2, -0.15) is 0 Å². The highest BCUT2D eigenvalue weighted by Crippen LogP contribution is 2.25. The van der Waals surface area contributed by atoms with Gasteiger partial charge in [0.15, 0.2) is 0 Å². The van der Waals surface area contributed by atoms with E-state index in [-0.39, 0.29) is 5.82 Å². The van der Waals surface area contributed by atoms with Gasteiger partial charge in [-0.25, -0.2) is 4.39 Å². The van der Waals surface area contributed by atoms with Gasteiger partial charge in [-0.3, -0.25) is 0 Å². The van der Waals surface area contributed by atoms with E-state index >= 15 is 0 Å². The molecule has 0 aliphatic rings. The minimum absolute atomic E-state index is 0.151. The second kappa shape index (κ2) is 8.06. The topological polar surface area (TPSA) is 12.0 Å². The molecule has 21 heavy (non-hydrogen) atoms. The summed E-state index contributed by atoms with van der Waals surface area (Å²) in [6.45, 7) is 5.26. The second-order valence-corrected chi connectivity index (χ2v) is 8.22. The molecule has 0 radical (unpaired) electrons. The smallest absolute Gasteiger partial charge is 0.123 e. The van der Waals surface area contributed by atoms with E-state index in [1.165, 1.54) is 14.7 Å². The Balaban J connectivity index is 2.04. The van der Waals surface area contributed by atoms with Crippen LogP contribution in [0.3, 0.4) is 0 Å². The Labute approximate surface area is 138 Å². The maximum Gasteiger partial charge on any atom is 0.123 e. The Kier molecular flexibility index (Phi) is 6.40. The number of thiophene rings is 1. The summed E-state index contributed by atoms with van der Waals surface area (Å²) in [6, 6.07) is 11.7. The minimum Gasteiger partial charge on any atom is -0.314 e. The van der Waals surface area contributed by atoms with Crippen molar-refractivity contribution in [2.24, 2.45) is 5.92 Å². The third-order valence-corrected chi connectivity index (χ3v) is 4.99. The second-order valence-electron chi connectivity index (χ2n) is 5.67. The maximum atomic E-state index is 13.3. The van der Waals surface area contributed by atoms with Gasteiger partial charge in [-0.05, 0) is 71.1 Å². The van der Waals surface area contributed by atoms with Gasteiger partial charge in [0.25, 0.3) is 0 Å². The number of benzene rings is 1. The largest absolute Gasteiger partial charge is 0.314 e. The van der Waals surface area contributed by atoms with Gasteiger partial charge in [0.05, 0.1) is 3.79 Å². The Hall–Kier alpha value is -0.710. The van der Waals surface area contributed by atoms with Crippen molar-refractivity contribution < 1.29 is 4.39 Å². The number of halogens is 2. The fourth-order valence-electron chi connectivity index (χ4n) is 2.36. The third kappa shape index (κ3) is 5.89. The number of hydrogen-bond donors (Lipinski definition) is 1. The Bertz CT molecular complexity index is 567. The lowest BCUT2D eigenvalue weighted by Gasteiger charge is -2.19. The highest BCUT2D eigenvalue weighted by molar-refractivity contribution is 9.11. The van der Waals surface area contributed by atoms with Crippen molar-refractivity contribution in [1.82, 2.24) is 5.32 Å². The van der Waals surface area contributed by atoms with Gasteiger partial charge < -0.3 is 5.32 Å². The highest BCUT2D eigenvalue weighted by atomic mass is 79.9. The molecular weight excluding hydrogens is 349 g/mol. The lowest BCUT2D eigenvalue weighted by molar-refractivity contribution is 0.445. The van der Waals surface area contributed by atoms with E-state index < -0.39 is 0 Å². The van der Waals surface area contributed by atoms with E-state index in [2.05, 4.69) is 47.2 Å². The van der Waals surface area contributed by atoms with Crippen LogP contribution in [0.15, 0.2) is 40.2 Å². The van der Waals surface area contributed by atoms with Crippen LogP contribution in [0.5, 0.6) is 0 Å². The van der Waals surface area contributed by atoms with Crippen LogP contribution >= 0.6 is 27.3 Å². The normalized spacial score (nSPS) is 12.8. The lowest BCUT2D eigenvalue weighted by atomic mass is 9.95. The predicted octanol–water partition coefficient (Wildman–Crippen LogP) is 5.05. The molecule has 0 spiro atoms. The van der Waals surface area contributed by atoms with Crippen molar-refractivity contribution in [2.45, 2.75) is 32.7 Å². The van der Waals surface area contributed by atoms with Gasteiger partial charge in [0.1, 0.15) is 5.82 Å². The van der Waals surface area contributed by atoms with Gasteiger partial charge in [0.2, 0.25) is 0 Å². The van der Waals surface area contributed by atoms with E-state index in [1.54, 1.807) is 23.5 Å². The van der Waals surface area contributed by atoms with E-state index in [0.29, 0.717) is 12.0 Å². The van der Waals surface area contributed by atoms with Crippen molar-refractivity contribution in [3.8, 4) is 0 Å². The van der Waals surface area contributed by atoms with Crippen LogP contribution in [-0.2, 0) is 12.8 Å². The molecule has 1 aromatic carbocycles. The maximum absolute atomic E-state index is 13.3. The monoisotopic (exact) mass is 369 g/mol. The summed E-state index contributed by atoms with van der Waals surface area (Å²) < 4.78 is 14.5. The minimum atomic E-state index is -0.151. The molecule has 1 atom stereocenters. The lowest BCUT2D eigenvalue weighted by Crippen LogP contribution is -2.30. The molecule has 0 aliphatic carbocycles. The third-order valence-electron chi connectivity index (χ3n) is 3.35. The van der Waals surface area contributed by atoms with Gasteiger partial charge in [-0.15, -0.1) is 11.3 Å². The van der Waals surface area contributed by atoms with E-state index in [4.69, 9.17) is 0 Å². The molecule has 2 aromatic rings. The molecule has 0 fully saturated rings. The molecule has 1 aromatic heterocycles. The number of nitrogens with one attached hydrogen (secondary N) is 1. The fraction of sp³-hybridized carbons (Fsp3) is 0.412. The molecule has 0 amide bonds. The SMILES string of the molecule is CC(C)NCC(Cc1cccc(F)c1)Cc1ccc(Br)s1. The van der Waals surface area contributed by atoms with Crippen molar-refractivity contribution in [3.63, 3.8) is 0 Å². The quantitative estimate of drug-likeness (QED) is 0.719. The van der Waals surface area contributed by atoms with Gasteiger partial charge in [-0.1, -0.05) is 26.0 Å². The molecule has 1 heterocycles. The first-order valence-electron chi connectivity index (χ1n) is 7.25. The molecule has 0 bridgehead atoms. The molecule has 114 valence electrons. The summed E-state index contributed by atoms with van der Waals surface area (Å²) in [5, 5.41) is 3.51. The van der Waals surface area contributed by atoms with Crippen LogP contribution in [0.4, 0.5) is 4.39 Å². The average Bonchev–Trinajstić information content (AvgIpc) is 2.81. The molecule has 2 rings (SSSR count). The molecule has 1 unspecified atom stereocenters. The van der Waals surface area contributed by atoms with E-state index in [0.717, 1.165) is 24.9 Å². The van der Waals surface area contributed by atoms with Crippen LogP contribution in [0.2, 0.25) is 0 Å².